The van der Waals surface area contributed by atoms with Gasteiger partial charge in [-0.25, -0.2) is 0 Å². The number of hydrogen-bond acceptors (Lipinski definition) is 1. The van der Waals surface area contributed by atoms with Gasteiger partial charge in [0.1, 0.15) is 0 Å². The van der Waals surface area contributed by atoms with Crippen LogP contribution in [0.2, 0.25) is 0 Å². The van der Waals surface area contributed by atoms with Crippen LogP contribution in [-0.2, 0) is 4.74 Å². The van der Waals surface area contributed by atoms with E-state index in [-0.39, 0.29) is 0 Å². The molecule has 0 amide bonds. The van der Waals surface area contributed by atoms with E-state index in [9.17, 15) is 0 Å². The zero-order valence-electron chi connectivity index (χ0n) is 18.1. The first-order valence-electron chi connectivity index (χ1n) is 11.9. The summed E-state index contributed by atoms with van der Waals surface area (Å²) in [7, 11) is 0. The van der Waals surface area contributed by atoms with Gasteiger partial charge in [0.05, 0.1) is 0 Å². The van der Waals surface area contributed by atoms with Crippen molar-refractivity contribution in [2.24, 2.45) is 5.92 Å². The van der Waals surface area contributed by atoms with Crippen molar-refractivity contribution in [1.29, 1.82) is 0 Å². The molecule has 0 saturated heterocycles. The maximum Gasteiger partial charge on any atom is 0.0465 e. The molecular weight excluding hydrogens is 304 g/mol. The van der Waals surface area contributed by atoms with E-state index < -0.39 is 0 Å². The van der Waals surface area contributed by atoms with Gasteiger partial charge >= 0.3 is 0 Å². The summed E-state index contributed by atoms with van der Waals surface area (Å²) < 4.78 is 5.37. The lowest BCUT2D eigenvalue weighted by Crippen LogP contribution is -1.95. The minimum absolute atomic E-state index is 0.873. The fraction of sp³-hybridized carbons (Fsp3) is 1.00. The molecule has 0 bridgehead atoms. The molecule has 0 aliphatic rings. The van der Waals surface area contributed by atoms with E-state index in [1.807, 2.05) is 0 Å². The second-order valence-corrected chi connectivity index (χ2v) is 8.18. The van der Waals surface area contributed by atoms with Crippen LogP contribution in [-0.4, -0.2) is 13.2 Å². The topological polar surface area (TPSA) is 9.23 Å². The summed E-state index contributed by atoms with van der Waals surface area (Å²) in [6.07, 6.45) is 25.8. The molecule has 0 aliphatic heterocycles. The Kier molecular flexibility index (Phi) is 22.0. The lowest BCUT2D eigenvalue weighted by molar-refractivity contribution is 0.143. The fourth-order valence-electron chi connectivity index (χ4n) is 3.67. The SMILES string of the molecule is CCCCCCCCC(C)CCCCCCCCCCCCOCC. The molecule has 25 heavy (non-hydrogen) atoms. The van der Waals surface area contributed by atoms with Gasteiger partial charge < -0.3 is 4.74 Å². The molecule has 0 aliphatic carbocycles. The lowest BCUT2D eigenvalue weighted by atomic mass is 9.96. The number of hydrogen-bond donors (Lipinski definition) is 0. The van der Waals surface area contributed by atoms with Crippen LogP contribution in [0.4, 0.5) is 0 Å². The Hall–Kier alpha value is -0.0400. The van der Waals surface area contributed by atoms with E-state index in [4.69, 9.17) is 4.74 Å². The van der Waals surface area contributed by atoms with Crippen molar-refractivity contribution in [2.75, 3.05) is 13.2 Å². The lowest BCUT2D eigenvalue weighted by Gasteiger charge is -2.11. The largest absolute Gasteiger partial charge is 0.382 e. The van der Waals surface area contributed by atoms with Crippen LogP contribution in [0.5, 0.6) is 0 Å². The van der Waals surface area contributed by atoms with Crippen LogP contribution >= 0.6 is 0 Å². The van der Waals surface area contributed by atoms with E-state index in [0.717, 1.165) is 19.1 Å². The van der Waals surface area contributed by atoms with Crippen molar-refractivity contribution in [1.82, 2.24) is 0 Å². The van der Waals surface area contributed by atoms with Gasteiger partial charge in [-0.3, -0.25) is 0 Å². The van der Waals surface area contributed by atoms with Gasteiger partial charge in [0.15, 0.2) is 0 Å². The molecule has 0 spiro atoms. The zero-order valence-corrected chi connectivity index (χ0v) is 18.1. The molecule has 1 atom stereocenters. The van der Waals surface area contributed by atoms with Gasteiger partial charge in [-0.15, -0.1) is 0 Å². The maximum absolute atomic E-state index is 5.37. The van der Waals surface area contributed by atoms with E-state index in [1.54, 1.807) is 0 Å². The second-order valence-electron chi connectivity index (χ2n) is 8.18. The smallest absolute Gasteiger partial charge is 0.0465 e. The fourth-order valence-corrected chi connectivity index (χ4v) is 3.67. The Bertz CT molecular complexity index is 226. The second kappa shape index (κ2) is 22.0. The summed E-state index contributed by atoms with van der Waals surface area (Å²) >= 11 is 0. The molecule has 0 aromatic rings. The third kappa shape index (κ3) is 21.9. The minimum Gasteiger partial charge on any atom is -0.382 e. The van der Waals surface area contributed by atoms with Crippen LogP contribution in [0.25, 0.3) is 0 Å². The summed E-state index contributed by atoms with van der Waals surface area (Å²) in [5, 5.41) is 0. The minimum atomic E-state index is 0.873. The Labute approximate surface area is 160 Å². The maximum atomic E-state index is 5.37. The molecule has 1 unspecified atom stereocenters. The van der Waals surface area contributed by atoms with Crippen LogP contribution < -0.4 is 0 Å². The number of rotatable bonds is 21. The molecule has 0 rings (SSSR count). The molecular formula is C24H50O. The van der Waals surface area contributed by atoms with Gasteiger partial charge in [-0.1, -0.05) is 123 Å². The third-order valence-electron chi connectivity index (χ3n) is 5.49. The summed E-state index contributed by atoms with van der Waals surface area (Å²) in [6.45, 7) is 8.69. The van der Waals surface area contributed by atoms with Gasteiger partial charge in [-0.05, 0) is 19.3 Å². The Balaban J connectivity index is 3.09. The summed E-state index contributed by atoms with van der Waals surface area (Å²) in [5.74, 6) is 0.961. The first-order valence-corrected chi connectivity index (χ1v) is 11.9. The highest BCUT2D eigenvalue weighted by molar-refractivity contribution is 4.56. The van der Waals surface area contributed by atoms with Crippen molar-refractivity contribution in [3.05, 3.63) is 0 Å². The Morgan fingerprint density at radius 3 is 1.36 bits per heavy atom. The Morgan fingerprint density at radius 2 is 0.920 bits per heavy atom. The van der Waals surface area contributed by atoms with Crippen molar-refractivity contribution >= 4 is 0 Å². The summed E-state index contributed by atoms with van der Waals surface area (Å²) in [6, 6.07) is 0. The quantitative estimate of drug-likeness (QED) is 0.187. The van der Waals surface area contributed by atoms with Crippen LogP contribution in [0, 0.1) is 5.92 Å². The van der Waals surface area contributed by atoms with Crippen molar-refractivity contribution in [3.63, 3.8) is 0 Å². The normalized spacial score (nSPS) is 12.6. The van der Waals surface area contributed by atoms with E-state index in [1.165, 1.54) is 116 Å². The summed E-state index contributed by atoms with van der Waals surface area (Å²) in [4.78, 5) is 0. The molecule has 152 valence electrons. The van der Waals surface area contributed by atoms with Crippen LogP contribution in [0.3, 0.4) is 0 Å². The molecule has 0 aromatic carbocycles. The van der Waals surface area contributed by atoms with E-state index in [0.29, 0.717) is 0 Å². The first kappa shape index (κ1) is 25.0. The molecule has 0 heterocycles. The average Bonchev–Trinajstić information content (AvgIpc) is 2.62. The highest BCUT2D eigenvalue weighted by Crippen LogP contribution is 2.18. The van der Waals surface area contributed by atoms with Gasteiger partial charge in [0.2, 0.25) is 0 Å². The predicted molar refractivity (Wildman–Crippen MR) is 114 cm³/mol. The highest BCUT2D eigenvalue weighted by Gasteiger charge is 2.02. The number of unbranched alkanes of at least 4 members (excludes halogenated alkanes) is 14. The van der Waals surface area contributed by atoms with Crippen molar-refractivity contribution in [3.8, 4) is 0 Å². The van der Waals surface area contributed by atoms with Crippen molar-refractivity contribution < 1.29 is 4.74 Å². The van der Waals surface area contributed by atoms with Gasteiger partial charge in [0.25, 0.3) is 0 Å². The predicted octanol–water partition coefficient (Wildman–Crippen LogP) is 8.70. The van der Waals surface area contributed by atoms with E-state index in [2.05, 4.69) is 20.8 Å². The van der Waals surface area contributed by atoms with Gasteiger partial charge in [-0.2, -0.15) is 0 Å². The van der Waals surface area contributed by atoms with Crippen LogP contribution in [0.1, 0.15) is 136 Å². The first-order chi connectivity index (χ1) is 12.3. The molecule has 0 saturated carbocycles. The van der Waals surface area contributed by atoms with Crippen molar-refractivity contribution in [2.45, 2.75) is 136 Å². The van der Waals surface area contributed by atoms with E-state index >= 15 is 0 Å². The highest BCUT2D eigenvalue weighted by atomic mass is 16.5. The van der Waals surface area contributed by atoms with Crippen LogP contribution in [0.15, 0.2) is 0 Å². The molecule has 0 fully saturated rings. The summed E-state index contributed by atoms with van der Waals surface area (Å²) in [5.41, 5.74) is 0. The van der Waals surface area contributed by atoms with Gasteiger partial charge in [0, 0.05) is 13.2 Å². The molecule has 0 aromatic heterocycles. The standard InChI is InChI=1S/C24H50O/c1-4-6-7-8-15-18-21-24(3)22-19-16-13-11-9-10-12-14-17-20-23-25-5-2/h24H,4-23H2,1-3H3. The molecule has 1 heteroatoms. The third-order valence-corrected chi connectivity index (χ3v) is 5.49. The Morgan fingerprint density at radius 1 is 0.520 bits per heavy atom. The average molecular weight is 355 g/mol. The molecule has 0 N–H and O–H groups in total. The zero-order chi connectivity index (χ0) is 18.4. The molecule has 0 radical (unpaired) electrons. The number of ether oxygens (including phenoxy) is 1. The monoisotopic (exact) mass is 354 g/mol. The molecule has 1 nitrogen and oxygen atoms in total.